The smallest absolute Gasteiger partial charge is 0.344 e. The highest BCUT2D eigenvalue weighted by Crippen LogP contribution is 2.11. The molecular formula is C11H8N4O2S. The summed E-state index contributed by atoms with van der Waals surface area (Å²) >= 11 is 1.44. The molecule has 0 radical (unpaired) electrons. The van der Waals surface area contributed by atoms with E-state index in [4.69, 9.17) is 4.74 Å². The molecule has 0 amide bonds. The third-order valence-electron chi connectivity index (χ3n) is 2.31. The molecule has 3 heterocycles. The average Bonchev–Trinajstić information content (AvgIpc) is 3.05. The molecule has 0 fully saturated rings. The lowest BCUT2D eigenvalue weighted by molar-refractivity contribution is 0.0474. The van der Waals surface area contributed by atoms with Crippen LogP contribution in [0.2, 0.25) is 0 Å². The van der Waals surface area contributed by atoms with Crippen molar-refractivity contribution in [3.63, 3.8) is 0 Å². The first-order chi connectivity index (χ1) is 8.84. The van der Waals surface area contributed by atoms with Gasteiger partial charge in [0.15, 0.2) is 5.65 Å². The lowest BCUT2D eigenvalue weighted by Gasteiger charge is -2.00. The molecule has 0 aliphatic heterocycles. The van der Waals surface area contributed by atoms with Crippen molar-refractivity contribution in [2.75, 3.05) is 0 Å². The molecule has 0 aliphatic carbocycles. The normalized spacial score (nSPS) is 10.7. The van der Waals surface area contributed by atoms with Crippen LogP contribution in [0.5, 0.6) is 0 Å². The molecule has 6 nitrogen and oxygen atoms in total. The van der Waals surface area contributed by atoms with Crippen molar-refractivity contribution in [2.45, 2.75) is 6.61 Å². The van der Waals surface area contributed by atoms with Crippen molar-refractivity contribution in [1.82, 2.24) is 19.6 Å². The average molecular weight is 260 g/mol. The summed E-state index contributed by atoms with van der Waals surface area (Å²) in [5, 5.41) is 6.62. The summed E-state index contributed by atoms with van der Waals surface area (Å²) in [6.45, 7) is 0.167. The number of carbonyl (C=O) groups excluding carboxylic acids is 1. The van der Waals surface area contributed by atoms with E-state index in [0.717, 1.165) is 5.01 Å². The molecule has 0 saturated heterocycles. The van der Waals surface area contributed by atoms with Gasteiger partial charge in [-0.05, 0) is 6.07 Å². The van der Waals surface area contributed by atoms with Gasteiger partial charge in [0.1, 0.15) is 17.2 Å². The Hall–Kier alpha value is -2.28. The van der Waals surface area contributed by atoms with Gasteiger partial charge in [0.25, 0.3) is 0 Å². The van der Waals surface area contributed by atoms with Crippen LogP contribution in [0.4, 0.5) is 0 Å². The van der Waals surface area contributed by atoms with Gasteiger partial charge in [-0.25, -0.2) is 19.3 Å². The molecule has 0 atom stereocenters. The van der Waals surface area contributed by atoms with E-state index in [9.17, 15) is 4.79 Å². The first-order valence-corrected chi connectivity index (χ1v) is 6.06. The lowest BCUT2D eigenvalue weighted by atomic mass is 10.3. The summed E-state index contributed by atoms with van der Waals surface area (Å²) in [6, 6.07) is 1.74. The third kappa shape index (κ3) is 1.95. The highest BCUT2D eigenvalue weighted by molar-refractivity contribution is 7.09. The maximum Gasteiger partial charge on any atom is 0.344 e. The number of aromatic nitrogens is 4. The van der Waals surface area contributed by atoms with Crippen molar-refractivity contribution >= 4 is 23.0 Å². The zero-order valence-corrected chi connectivity index (χ0v) is 10.0. The Balaban J connectivity index is 1.80. The number of rotatable bonds is 3. The molecule has 7 heteroatoms. The van der Waals surface area contributed by atoms with E-state index in [-0.39, 0.29) is 6.61 Å². The number of thiazole rings is 1. The Labute approximate surface area is 106 Å². The van der Waals surface area contributed by atoms with Crippen LogP contribution in [0.3, 0.4) is 0 Å². The van der Waals surface area contributed by atoms with Gasteiger partial charge in [-0.15, -0.1) is 11.3 Å². The molecule has 0 N–H and O–H groups in total. The number of carbonyl (C=O) groups is 1. The van der Waals surface area contributed by atoms with Crippen LogP contribution < -0.4 is 0 Å². The van der Waals surface area contributed by atoms with Crippen LogP contribution in [0.1, 0.15) is 15.4 Å². The Bertz CT molecular complexity index is 677. The second-order valence-electron chi connectivity index (χ2n) is 3.45. The number of esters is 1. The third-order valence-corrected chi connectivity index (χ3v) is 3.06. The highest BCUT2D eigenvalue weighted by atomic mass is 32.1. The standard InChI is InChI=1S/C11H8N4O2S/c16-11(17-7-9-12-3-5-18-9)8-6-14-15-4-1-2-13-10(8)15/h1-6H,7H2. The fourth-order valence-electron chi connectivity index (χ4n) is 1.50. The molecule has 0 aromatic carbocycles. The van der Waals surface area contributed by atoms with Crippen molar-refractivity contribution in [2.24, 2.45) is 0 Å². The zero-order valence-electron chi connectivity index (χ0n) is 9.18. The van der Waals surface area contributed by atoms with Crippen molar-refractivity contribution < 1.29 is 9.53 Å². The lowest BCUT2D eigenvalue weighted by Crippen LogP contribution is -2.05. The van der Waals surface area contributed by atoms with Gasteiger partial charge < -0.3 is 4.74 Å². The van der Waals surface area contributed by atoms with Gasteiger partial charge in [-0.1, -0.05) is 0 Å². The number of hydrogen-bond donors (Lipinski definition) is 0. The maximum absolute atomic E-state index is 11.9. The summed E-state index contributed by atoms with van der Waals surface area (Å²) < 4.78 is 6.68. The van der Waals surface area contributed by atoms with Gasteiger partial charge in [0, 0.05) is 24.0 Å². The van der Waals surface area contributed by atoms with Crippen LogP contribution in [0.15, 0.2) is 36.2 Å². The first kappa shape index (κ1) is 10.8. The fraction of sp³-hybridized carbons (Fsp3) is 0.0909. The molecule has 3 aromatic heterocycles. The van der Waals surface area contributed by atoms with E-state index >= 15 is 0 Å². The molecule has 0 spiro atoms. The molecular weight excluding hydrogens is 252 g/mol. The van der Waals surface area contributed by atoms with Gasteiger partial charge in [-0.3, -0.25) is 0 Å². The molecule has 18 heavy (non-hydrogen) atoms. The first-order valence-electron chi connectivity index (χ1n) is 5.18. The second-order valence-corrected chi connectivity index (χ2v) is 4.43. The SMILES string of the molecule is O=C(OCc1nccs1)c1cnn2cccnc12. The van der Waals surface area contributed by atoms with Crippen molar-refractivity contribution in [3.05, 3.63) is 46.8 Å². The summed E-state index contributed by atoms with van der Waals surface area (Å²) in [7, 11) is 0. The monoisotopic (exact) mass is 260 g/mol. The Morgan fingerprint density at radius 3 is 3.17 bits per heavy atom. The Morgan fingerprint density at radius 2 is 2.33 bits per heavy atom. The van der Waals surface area contributed by atoms with E-state index in [1.54, 1.807) is 24.7 Å². The van der Waals surface area contributed by atoms with Gasteiger partial charge in [0.2, 0.25) is 0 Å². The molecule has 0 unspecified atom stereocenters. The number of nitrogens with zero attached hydrogens (tertiary/aromatic N) is 4. The number of fused-ring (bicyclic) bond motifs is 1. The minimum atomic E-state index is -0.445. The zero-order chi connectivity index (χ0) is 12.4. The van der Waals surface area contributed by atoms with Crippen LogP contribution in [0.25, 0.3) is 5.65 Å². The van der Waals surface area contributed by atoms with E-state index in [2.05, 4.69) is 15.1 Å². The number of hydrogen-bond acceptors (Lipinski definition) is 6. The topological polar surface area (TPSA) is 69.4 Å². The van der Waals surface area contributed by atoms with Crippen LogP contribution >= 0.6 is 11.3 Å². The second kappa shape index (κ2) is 4.53. The maximum atomic E-state index is 11.9. The molecule has 3 rings (SSSR count). The largest absolute Gasteiger partial charge is 0.455 e. The number of ether oxygens (including phenoxy) is 1. The van der Waals surface area contributed by atoms with Gasteiger partial charge in [-0.2, -0.15) is 5.10 Å². The van der Waals surface area contributed by atoms with Crippen LogP contribution in [-0.4, -0.2) is 25.6 Å². The van der Waals surface area contributed by atoms with Crippen molar-refractivity contribution in [3.8, 4) is 0 Å². The summed E-state index contributed by atoms with van der Waals surface area (Å²) in [5.74, 6) is -0.445. The quantitative estimate of drug-likeness (QED) is 0.668. The predicted octanol–water partition coefficient (Wildman–Crippen LogP) is 1.54. The van der Waals surface area contributed by atoms with E-state index in [0.29, 0.717) is 11.2 Å². The molecule has 90 valence electrons. The Morgan fingerprint density at radius 1 is 1.39 bits per heavy atom. The minimum absolute atomic E-state index is 0.167. The van der Waals surface area contributed by atoms with Gasteiger partial charge in [0.05, 0.1) is 6.20 Å². The van der Waals surface area contributed by atoms with Crippen molar-refractivity contribution in [1.29, 1.82) is 0 Å². The molecule has 0 aliphatic rings. The summed E-state index contributed by atoms with van der Waals surface area (Å²) in [4.78, 5) is 20.0. The van der Waals surface area contributed by atoms with Gasteiger partial charge >= 0.3 is 5.97 Å². The van der Waals surface area contributed by atoms with E-state index in [1.165, 1.54) is 22.0 Å². The summed E-state index contributed by atoms with van der Waals surface area (Å²) in [5.41, 5.74) is 0.841. The van der Waals surface area contributed by atoms with Crippen LogP contribution in [0, 0.1) is 0 Å². The molecule has 3 aromatic rings. The van der Waals surface area contributed by atoms with E-state index in [1.807, 2.05) is 5.38 Å². The fourth-order valence-corrected chi connectivity index (χ4v) is 2.03. The predicted molar refractivity (Wildman–Crippen MR) is 64.2 cm³/mol. The highest BCUT2D eigenvalue weighted by Gasteiger charge is 2.15. The molecule has 0 saturated carbocycles. The molecule has 0 bridgehead atoms. The Kier molecular flexibility index (Phi) is 2.73. The summed E-state index contributed by atoms with van der Waals surface area (Å²) in [6.07, 6.45) is 6.45. The van der Waals surface area contributed by atoms with E-state index < -0.39 is 5.97 Å². The van der Waals surface area contributed by atoms with Crippen LogP contribution in [-0.2, 0) is 11.3 Å². The minimum Gasteiger partial charge on any atom is -0.455 e.